The number of hydrazine groups is 2. The molecule has 0 aliphatic rings. The third-order valence-electron chi connectivity index (χ3n) is 20.7. The van der Waals surface area contributed by atoms with E-state index in [1.165, 1.54) is 44.2 Å². The number of ketones is 2. The summed E-state index contributed by atoms with van der Waals surface area (Å²) in [7, 11) is 7.63. The highest BCUT2D eigenvalue weighted by Gasteiger charge is 2.24. The van der Waals surface area contributed by atoms with Crippen LogP contribution in [0.2, 0.25) is 0 Å². The molecule has 0 saturated carbocycles. The fourth-order valence-corrected chi connectivity index (χ4v) is 12.6. The quantitative estimate of drug-likeness (QED) is 0.00324. The number of aromatic hydroxyl groups is 3. The molecule has 34 nitrogen and oxygen atoms in total. The molecule has 11 aromatic carbocycles. The molecule has 37 heteroatoms. The van der Waals surface area contributed by atoms with Crippen molar-refractivity contribution in [2.24, 2.45) is 23.2 Å². The number of phenols is 3. The predicted molar refractivity (Wildman–Crippen MR) is 574 cm³/mol. The van der Waals surface area contributed by atoms with Crippen molar-refractivity contribution in [3.05, 3.63) is 352 Å². The van der Waals surface area contributed by atoms with Crippen molar-refractivity contribution in [1.29, 1.82) is 0 Å². The van der Waals surface area contributed by atoms with Gasteiger partial charge in [0.1, 0.15) is 77.8 Å². The number of phenolic OH excluding ortho intramolecular Hbond substituents is 3. The Labute approximate surface area is 878 Å². The van der Waals surface area contributed by atoms with Gasteiger partial charge < -0.3 is 90.2 Å². The standard InChI is InChI=1S/C20H23NO3.C18H19NO3.C17H20N2O2.C15H21NO4.C13H20N2O2.C13H17NO4.2C7H8N2O2.3ClH/c1-15(20(23)24-13-12-21(2)3)17-10-7-11-18(14-17)19(22)16-8-5-4-6-9-16;1-13(18(21)22-11-10-19)15-8-5-9-16(12-15)17(20)14-6-3-2-4-7-14;1-13(17(20)19-11-10-18)14-6-5-9-16(12-14)21-15-7-3-2-4-8-15;1-4-16(5-2)10-11-19-15(18)13-8-6-7-9-14(13)20-12(3)17;1-3-15(4-2)10-9-14-13(17)11-7-5-6-8-12(11)16;1-10(15)18-12-7-5-4-6-11(12)13(16)17-9-8-14(2)3;2*8-9-7(11)5-3-1-2-4-6(5)10;;;/h4-11,14-15H,12-13H2,1-3H3;2-9,12-13H,10-11,19H2,1H3;2-9,12-13H,10-11,18H2,1H3,(H,19,20);6-9H,4-5,10-11H2,1-3H3;5-8,16H,3-4,9-10H2,1-2H3,(H,14,17);4-7H,8-9H2,1-3H3;2*1-4,10H,8H2,(H,9,11);3*1H. The average molecular weight is 2090 g/mol. The number of nitrogens with two attached hydrogens (primary N) is 4. The van der Waals surface area contributed by atoms with Crippen LogP contribution in [0.5, 0.6) is 40.2 Å². The average Bonchev–Trinajstić information content (AvgIpc) is 0.832. The number of hydrogen-bond acceptors (Lipinski definition) is 30. The van der Waals surface area contributed by atoms with Gasteiger partial charge in [0.15, 0.2) is 11.6 Å². The third kappa shape index (κ3) is 49.6. The first-order chi connectivity index (χ1) is 69.1. The molecule has 0 aliphatic heterocycles. The van der Waals surface area contributed by atoms with Crippen molar-refractivity contribution in [3.8, 4) is 40.2 Å². The number of halogens is 3. The van der Waals surface area contributed by atoms with Gasteiger partial charge in [0.2, 0.25) is 5.91 Å². The second kappa shape index (κ2) is 74.1. The van der Waals surface area contributed by atoms with Gasteiger partial charge in [-0.25, -0.2) is 21.3 Å². The SMILES string of the molecule is CC(=O)Oc1ccccc1C(=O)OCCN(C)C.CC(C(=O)NCCN)c1cccc(Oc2ccccc2)c1.CC(C(=O)OCCN(C)C)c1cccc(C(=O)c2ccccc2)c1.CC(C(=O)OCCN)c1cccc(C(=O)c2ccccc2)c1.CCN(CC)CCNC(=O)c1ccccc1O.CCN(CC)CCOC(=O)c1ccccc1OC(C)=O.Cl.Cl.Cl.NNC(=O)c1ccccc1O.NNC(=O)c1ccccc1O. The van der Waals surface area contributed by atoms with E-state index in [2.05, 4.69) is 48.1 Å². The van der Waals surface area contributed by atoms with Crippen LogP contribution in [-0.2, 0) is 42.9 Å². The highest BCUT2D eigenvalue weighted by Crippen LogP contribution is 2.29. The lowest BCUT2D eigenvalue weighted by Crippen LogP contribution is -2.34. The molecule has 11 aromatic rings. The maximum absolute atomic E-state index is 12.5. The van der Waals surface area contributed by atoms with Crippen molar-refractivity contribution in [2.45, 2.75) is 80.1 Å². The van der Waals surface area contributed by atoms with Gasteiger partial charge in [-0.15, -0.1) is 37.2 Å². The molecule has 0 spiro atoms. The number of para-hydroxylation sites is 6. The van der Waals surface area contributed by atoms with Crippen LogP contribution in [-0.4, -0.2) is 239 Å². The Bertz CT molecular complexity index is 5760. The van der Waals surface area contributed by atoms with Crippen molar-refractivity contribution < 1.29 is 106 Å². The van der Waals surface area contributed by atoms with Crippen molar-refractivity contribution >= 4 is 108 Å². The molecule has 0 radical (unpaired) electrons. The number of ether oxygens (including phenoxy) is 7. The molecule has 11 rings (SSSR count). The normalized spacial score (nSPS) is 10.6. The van der Waals surface area contributed by atoms with Crippen molar-refractivity contribution in [2.75, 3.05) is 133 Å². The molecule has 0 heterocycles. The Morgan fingerprint density at radius 3 is 1.03 bits per heavy atom. The summed E-state index contributed by atoms with van der Waals surface area (Å²) in [5, 5.41) is 33.3. The Balaban J connectivity index is 0.000000846. The summed E-state index contributed by atoms with van der Waals surface area (Å²) in [6, 6.07) is 81.5. The maximum Gasteiger partial charge on any atom is 0.341 e. The lowest BCUT2D eigenvalue weighted by atomic mass is 9.96. The monoisotopic (exact) mass is 2080 g/mol. The van der Waals surface area contributed by atoms with Crippen LogP contribution in [0.25, 0.3) is 0 Å². The van der Waals surface area contributed by atoms with E-state index in [0.29, 0.717) is 93.5 Å². The molecule has 0 saturated heterocycles. The number of esters is 6. The molecule has 3 atom stereocenters. The lowest BCUT2D eigenvalue weighted by molar-refractivity contribution is -0.146. The zero-order chi connectivity index (χ0) is 106. The highest BCUT2D eigenvalue weighted by atomic mass is 35.5. The van der Waals surface area contributed by atoms with Crippen LogP contribution in [0.4, 0.5) is 0 Å². The number of rotatable bonds is 39. The molecule has 4 amide bonds. The van der Waals surface area contributed by atoms with Gasteiger partial charge in [0.25, 0.3) is 17.7 Å². The van der Waals surface area contributed by atoms with Gasteiger partial charge in [-0.05, 0) is 189 Å². The fraction of sp³-hybridized carbons (Fsp3) is 0.291. The molecule has 0 aliphatic carbocycles. The number of nitrogen functional groups attached to an aromatic ring is 2. The molecular weight excluding hydrogens is 1950 g/mol. The van der Waals surface area contributed by atoms with Gasteiger partial charge in [-0.1, -0.05) is 216 Å². The first kappa shape index (κ1) is 130. The second-order valence-electron chi connectivity index (χ2n) is 31.9. The first-order valence-electron chi connectivity index (χ1n) is 46.6. The Hall–Kier alpha value is -14.8. The van der Waals surface area contributed by atoms with Gasteiger partial charge >= 0.3 is 35.8 Å². The van der Waals surface area contributed by atoms with Crippen LogP contribution >= 0.6 is 37.2 Å². The minimum absolute atomic E-state index is 0. The van der Waals surface area contributed by atoms with E-state index in [9.17, 15) is 62.6 Å². The summed E-state index contributed by atoms with van der Waals surface area (Å²) in [6.07, 6.45) is 0. The van der Waals surface area contributed by atoms with Crippen LogP contribution in [0.3, 0.4) is 0 Å². The largest absolute Gasteiger partial charge is 0.507 e. The molecule has 0 aromatic heterocycles. The van der Waals surface area contributed by atoms with Crippen molar-refractivity contribution in [1.82, 2.24) is 41.1 Å². The van der Waals surface area contributed by atoms with Crippen molar-refractivity contribution in [3.63, 3.8) is 0 Å². The number of carbonyl (C=O) groups is 12. The molecule has 0 fully saturated rings. The van der Waals surface area contributed by atoms with Crippen LogP contribution in [0, 0.1) is 0 Å². The number of hydrogen-bond donors (Lipinski definition) is 11. The minimum Gasteiger partial charge on any atom is -0.507 e. The zero-order valence-electron chi connectivity index (χ0n) is 85.1. The molecule has 147 heavy (non-hydrogen) atoms. The van der Waals surface area contributed by atoms with Crippen LogP contribution in [0.1, 0.15) is 180 Å². The van der Waals surface area contributed by atoms with E-state index >= 15 is 0 Å². The maximum atomic E-state index is 12.5. The Morgan fingerprint density at radius 2 is 0.660 bits per heavy atom. The van der Waals surface area contributed by atoms with E-state index in [1.54, 1.807) is 166 Å². The number of benzene rings is 11. The summed E-state index contributed by atoms with van der Waals surface area (Å²) in [4.78, 5) is 148. The molecular formula is C110H139Cl3N12O22. The Morgan fingerprint density at radius 1 is 0.333 bits per heavy atom. The lowest BCUT2D eigenvalue weighted by Gasteiger charge is -2.18. The summed E-state index contributed by atoms with van der Waals surface area (Å²) in [6.45, 7) is 25.9. The number of nitrogens with one attached hydrogen (secondary N) is 4. The number of amides is 4. The number of likely N-dealkylation sites (N-methyl/N-ethyl adjacent to an activating group) is 4. The van der Waals surface area contributed by atoms with Gasteiger partial charge in [-0.2, -0.15) is 0 Å². The smallest absolute Gasteiger partial charge is 0.341 e. The van der Waals surface area contributed by atoms with Gasteiger partial charge in [-0.3, -0.25) is 58.8 Å². The summed E-state index contributed by atoms with van der Waals surface area (Å²) >= 11 is 0. The van der Waals surface area contributed by atoms with Gasteiger partial charge in [0.05, 0.1) is 34.4 Å². The Kier molecular flexibility index (Phi) is 65.7. The molecule has 3 unspecified atom stereocenters. The zero-order valence-corrected chi connectivity index (χ0v) is 87.6. The van der Waals surface area contributed by atoms with E-state index in [-0.39, 0.29) is 136 Å². The molecule has 0 bridgehead atoms. The van der Waals surface area contributed by atoms with E-state index in [1.807, 2.05) is 159 Å². The number of carbonyl (C=O) groups excluding carboxylic acids is 12. The van der Waals surface area contributed by atoms with E-state index in [0.717, 1.165) is 60.9 Å². The van der Waals surface area contributed by atoms with Gasteiger partial charge in [0, 0.05) is 88.5 Å². The highest BCUT2D eigenvalue weighted by molar-refractivity contribution is 6.10. The van der Waals surface area contributed by atoms with E-state index < -0.39 is 47.5 Å². The van der Waals surface area contributed by atoms with Crippen LogP contribution < -0.4 is 58.8 Å². The summed E-state index contributed by atoms with van der Waals surface area (Å²) in [5.41, 5.74) is 20.6. The topological polar surface area (TPSA) is 495 Å². The second-order valence-corrected chi connectivity index (χ2v) is 31.9. The number of nitrogens with zero attached hydrogens (tertiary/aromatic N) is 4. The summed E-state index contributed by atoms with van der Waals surface area (Å²) < 4.78 is 36.3. The molecule has 15 N–H and O–H groups in total. The summed E-state index contributed by atoms with van der Waals surface area (Å²) in [5.74, 6) is 6.58. The molecule has 792 valence electrons. The predicted octanol–water partition coefficient (Wildman–Crippen LogP) is 14.5. The third-order valence-corrected chi connectivity index (χ3v) is 20.7. The fourth-order valence-electron chi connectivity index (χ4n) is 12.6. The van der Waals surface area contributed by atoms with E-state index in [4.69, 9.17) is 66.5 Å². The minimum atomic E-state index is -0.497. The first-order valence-corrected chi connectivity index (χ1v) is 46.6. The van der Waals surface area contributed by atoms with Crippen LogP contribution in [0.15, 0.2) is 285 Å².